The topological polar surface area (TPSA) is 0 Å². The molecule has 0 aromatic carbocycles. The van der Waals surface area contributed by atoms with E-state index in [-0.39, 0.29) is 12.4 Å². The van der Waals surface area contributed by atoms with Crippen molar-refractivity contribution in [3.05, 3.63) is 11.6 Å². The van der Waals surface area contributed by atoms with Crippen LogP contribution in [0.4, 0.5) is 0 Å². The maximum Gasteiger partial charge on any atom is 0.100 e. The Morgan fingerprint density at radius 2 is 1.75 bits per heavy atom. The Bertz CT molecular complexity index is 205. The van der Waals surface area contributed by atoms with Crippen LogP contribution in [0, 0.1) is 0 Å². The van der Waals surface area contributed by atoms with Crippen LogP contribution in [0.15, 0.2) is 11.6 Å². The molecule has 2 heteroatoms. The first-order valence-corrected chi connectivity index (χ1v) is 6.71. The van der Waals surface area contributed by atoms with Crippen molar-refractivity contribution in [1.82, 2.24) is 0 Å². The Morgan fingerprint density at radius 1 is 1.12 bits per heavy atom. The minimum absolute atomic E-state index is 0. The second-order valence-corrected chi connectivity index (χ2v) is 5.29. The number of hydrogen-bond donors (Lipinski definition) is 0. The van der Waals surface area contributed by atoms with Crippen LogP contribution in [-0.4, -0.2) is 31.2 Å². The Hall–Kier alpha value is -0.0100. The van der Waals surface area contributed by atoms with Crippen molar-refractivity contribution in [2.75, 3.05) is 26.7 Å². The van der Waals surface area contributed by atoms with Crippen molar-refractivity contribution < 1.29 is 16.9 Å². The first kappa shape index (κ1) is 16.0. The van der Waals surface area contributed by atoms with Crippen LogP contribution in [0.5, 0.6) is 0 Å². The zero-order valence-corrected chi connectivity index (χ0v) is 12.0. The molecule has 0 saturated carbocycles. The smallest absolute Gasteiger partial charge is 0.100 e. The summed E-state index contributed by atoms with van der Waals surface area (Å²) in [6.07, 6.45) is 10.6. The van der Waals surface area contributed by atoms with E-state index in [2.05, 4.69) is 27.0 Å². The molecule has 0 aliphatic carbocycles. The second kappa shape index (κ2) is 8.14. The van der Waals surface area contributed by atoms with Crippen molar-refractivity contribution >= 4 is 0 Å². The van der Waals surface area contributed by atoms with E-state index in [0.29, 0.717) is 0 Å². The lowest BCUT2D eigenvalue weighted by Gasteiger charge is -2.38. The summed E-state index contributed by atoms with van der Waals surface area (Å²) in [6.45, 7) is 8.65. The molecule has 96 valence electrons. The van der Waals surface area contributed by atoms with E-state index in [1.54, 1.807) is 5.57 Å². The molecule has 1 fully saturated rings. The Labute approximate surface area is 108 Å². The number of piperidine rings is 1. The molecule has 1 heterocycles. The number of hydrogen-bond acceptors (Lipinski definition) is 0. The van der Waals surface area contributed by atoms with Gasteiger partial charge in [0.1, 0.15) is 6.54 Å². The maximum atomic E-state index is 2.48. The van der Waals surface area contributed by atoms with Crippen molar-refractivity contribution in [1.29, 1.82) is 0 Å². The number of rotatable bonds is 5. The minimum atomic E-state index is 0. The Kier molecular flexibility index (Phi) is 8.13. The van der Waals surface area contributed by atoms with Gasteiger partial charge in [0.25, 0.3) is 0 Å². The molecule has 0 radical (unpaired) electrons. The summed E-state index contributed by atoms with van der Waals surface area (Å²) in [5, 5.41) is 0. The van der Waals surface area contributed by atoms with Gasteiger partial charge in [-0.1, -0.05) is 26.3 Å². The zero-order chi connectivity index (χ0) is 11.1. The summed E-state index contributed by atoms with van der Waals surface area (Å²) in [5.41, 5.74) is 1.68. The number of likely N-dealkylation sites (N-methyl/N-ethyl adjacent to an activating group) is 1. The number of allylic oxidation sites excluding steroid dienone is 1. The SMILES string of the molecule is CCC/C=C(\CC)C[N+]1(C)CCCCC1.[Cl-]. The van der Waals surface area contributed by atoms with Gasteiger partial charge in [0.2, 0.25) is 0 Å². The third-order valence-corrected chi connectivity index (χ3v) is 3.66. The first-order valence-electron chi connectivity index (χ1n) is 6.71. The number of halogens is 1. The van der Waals surface area contributed by atoms with Gasteiger partial charge in [0, 0.05) is 0 Å². The summed E-state index contributed by atoms with van der Waals surface area (Å²) in [4.78, 5) is 0. The number of likely N-dealkylation sites (tertiary alicyclic amines) is 1. The summed E-state index contributed by atoms with van der Waals surface area (Å²) in [5.74, 6) is 0. The summed E-state index contributed by atoms with van der Waals surface area (Å²) < 4.78 is 1.30. The van der Waals surface area contributed by atoms with Gasteiger partial charge < -0.3 is 16.9 Å². The van der Waals surface area contributed by atoms with Crippen LogP contribution in [-0.2, 0) is 0 Å². The molecule has 0 spiro atoms. The third kappa shape index (κ3) is 5.36. The average Bonchev–Trinajstić information content (AvgIpc) is 2.25. The molecule has 1 saturated heterocycles. The van der Waals surface area contributed by atoms with E-state index < -0.39 is 0 Å². The summed E-state index contributed by atoms with van der Waals surface area (Å²) in [6, 6.07) is 0. The second-order valence-electron chi connectivity index (χ2n) is 5.29. The van der Waals surface area contributed by atoms with Crippen molar-refractivity contribution in [3.63, 3.8) is 0 Å². The first-order chi connectivity index (χ1) is 7.20. The molecule has 0 bridgehead atoms. The molecule has 16 heavy (non-hydrogen) atoms. The van der Waals surface area contributed by atoms with Gasteiger partial charge in [-0.3, -0.25) is 0 Å². The van der Waals surface area contributed by atoms with Gasteiger partial charge in [-0.25, -0.2) is 0 Å². The van der Waals surface area contributed by atoms with Gasteiger partial charge in [0.15, 0.2) is 0 Å². The fourth-order valence-electron chi connectivity index (χ4n) is 2.59. The number of nitrogens with zero attached hydrogens (tertiary/aromatic N) is 1. The lowest BCUT2D eigenvalue weighted by Crippen LogP contribution is -3.00. The van der Waals surface area contributed by atoms with Gasteiger partial charge in [-0.15, -0.1) is 0 Å². The van der Waals surface area contributed by atoms with Crippen LogP contribution in [0.25, 0.3) is 0 Å². The molecule has 0 aromatic heterocycles. The summed E-state index contributed by atoms with van der Waals surface area (Å²) >= 11 is 0. The molecule has 0 aromatic rings. The highest BCUT2D eigenvalue weighted by Crippen LogP contribution is 2.19. The third-order valence-electron chi connectivity index (χ3n) is 3.66. The van der Waals surface area contributed by atoms with Crippen molar-refractivity contribution in [3.8, 4) is 0 Å². The van der Waals surface area contributed by atoms with Gasteiger partial charge >= 0.3 is 0 Å². The van der Waals surface area contributed by atoms with E-state index in [1.165, 1.54) is 62.6 Å². The fourth-order valence-corrected chi connectivity index (χ4v) is 2.59. The average molecular weight is 246 g/mol. The van der Waals surface area contributed by atoms with Crippen LogP contribution < -0.4 is 12.4 Å². The maximum absolute atomic E-state index is 2.48. The van der Waals surface area contributed by atoms with E-state index in [9.17, 15) is 0 Å². The molecular weight excluding hydrogens is 218 g/mol. The molecule has 1 aliphatic heterocycles. The largest absolute Gasteiger partial charge is 1.00 e. The minimum Gasteiger partial charge on any atom is -1.00 e. The van der Waals surface area contributed by atoms with Crippen LogP contribution in [0.1, 0.15) is 52.4 Å². The van der Waals surface area contributed by atoms with Gasteiger partial charge in [-0.2, -0.15) is 0 Å². The van der Waals surface area contributed by atoms with E-state index in [1.807, 2.05) is 0 Å². The highest BCUT2D eigenvalue weighted by Gasteiger charge is 2.24. The predicted octanol–water partition coefficient (Wildman–Crippen LogP) is 0.757. The number of unbranched alkanes of at least 4 members (excludes halogenated alkanes) is 1. The van der Waals surface area contributed by atoms with Crippen LogP contribution >= 0.6 is 0 Å². The van der Waals surface area contributed by atoms with Gasteiger partial charge in [0.05, 0.1) is 20.1 Å². The van der Waals surface area contributed by atoms with E-state index in [0.717, 1.165) is 0 Å². The van der Waals surface area contributed by atoms with E-state index >= 15 is 0 Å². The van der Waals surface area contributed by atoms with Crippen molar-refractivity contribution in [2.24, 2.45) is 0 Å². The Morgan fingerprint density at radius 3 is 2.25 bits per heavy atom. The molecule has 1 rings (SSSR count). The molecule has 0 atom stereocenters. The molecule has 1 nitrogen and oxygen atoms in total. The molecule has 1 aliphatic rings. The fraction of sp³-hybridized carbons (Fsp3) is 0.857. The van der Waals surface area contributed by atoms with Crippen LogP contribution in [0.2, 0.25) is 0 Å². The zero-order valence-electron chi connectivity index (χ0n) is 11.3. The predicted molar refractivity (Wildman–Crippen MR) is 67.9 cm³/mol. The monoisotopic (exact) mass is 245 g/mol. The summed E-state index contributed by atoms with van der Waals surface area (Å²) in [7, 11) is 2.44. The van der Waals surface area contributed by atoms with E-state index in [4.69, 9.17) is 0 Å². The Balaban J connectivity index is 0.00000225. The molecule has 0 N–H and O–H groups in total. The van der Waals surface area contributed by atoms with Crippen LogP contribution in [0.3, 0.4) is 0 Å². The molecular formula is C14H28ClN. The standard InChI is InChI=1S/C14H28N.ClH/c1-4-6-10-14(5-2)13-15(3)11-8-7-9-12-15;/h10H,4-9,11-13H2,1-3H3;1H/q+1;/p-1/b14-10+;. The normalized spacial score (nSPS) is 20.3. The number of quaternary nitrogens is 1. The van der Waals surface area contributed by atoms with Gasteiger partial charge in [-0.05, 0) is 37.7 Å². The highest BCUT2D eigenvalue weighted by atomic mass is 35.5. The molecule has 0 amide bonds. The molecule has 0 unspecified atom stereocenters. The lowest BCUT2D eigenvalue weighted by molar-refractivity contribution is -0.909. The quantitative estimate of drug-likeness (QED) is 0.496. The highest BCUT2D eigenvalue weighted by molar-refractivity contribution is 5.01. The lowest BCUT2D eigenvalue weighted by atomic mass is 10.0. The van der Waals surface area contributed by atoms with Crippen molar-refractivity contribution in [2.45, 2.75) is 52.4 Å².